The molecule has 8 heteroatoms. The maximum atomic E-state index is 12.3. The normalized spacial score (nSPS) is 12.3. The zero-order valence-electron chi connectivity index (χ0n) is 19.9. The second-order valence-corrected chi connectivity index (χ2v) is 8.54. The molecule has 1 heterocycles. The van der Waals surface area contributed by atoms with Gasteiger partial charge in [0.15, 0.2) is 5.96 Å². The van der Waals surface area contributed by atoms with Gasteiger partial charge in [0.05, 0.1) is 17.8 Å². The van der Waals surface area contributed by atoms with E-state index in [4.69, 9.17) is 4.74 Å². The molecule has 1 aromatic rings. The molecule has 0 unspecified atom stereocenters. The van der Waals surface area contributed by atoms with Crippen molar-refractivity contribution < 1.29 is 9.53 Å². The molecule has 30 heavy (non-hydrogen) atoms. The third-order valence-corrected chi connectivity index (χ3v) is 4.71. The summed E-state index contributed by atoms with van der Waals surface area (Å²) in [5.74, 6) is 1.59. The molecule has 0 saturated heterocycles. The van der Waals surface area contributed by atoms with Crippen molar-refractivity contribution in [1.29, 1.82) is 0 Å². The molecule has 0 atom stereocenters. The summed E-state index contributed by atoms with van der Waals surface area (Å²) in [4.78, 5) is 23.6. The van der Waals surface area contributed by atoms with E-state index < -0.39 is 17.2 Å². The van der Waals surface area contributed by atoms with E-state index in [0.29, 0.717) is 19.0 Å². The molecule has 0 bridgehead atoms. The number of carbonyl (C=O) groups is 1. The Morgan fingerprint density at radius 3 is 2.33 bits per heavy atom. The third-order valence-electron chi connectivity index (χ3n) is 4.71. The van der Waals surface area contributed by atoms with Crippen LogP contribution >= 0.6 is 0 Å². The lowest BCUT2D eigenvalue weighted by molar-refractivity contribution is 0.0448. The van der Waals surface area contributed by atoms with Gasteiger partial charge in [-0.15, -0.1) is 0 Å². The van der Waals surface area contributed by atoms with Crippen LogP contribution in [0.1, 0.15) is 60.1 Å². The number of ether oxygens (including phenoxy) is 1. The van der Waals surface area contributed by atoms with Crippen molar-refractivity contribution in [2.24, 2.45) is 4.99 Å². The van der Waals surface area contributed by atoms with Gasteiger partial charge in [-0.05, 0) is 52.7 Å². The molecule has 170 valence electrons. The summed E-state index contributed by atoms with van der Waals surface area (Å²) in [6.07, 6.45) is 1.13. The molecule has 1 rings (SSSR count). The van der Waals surface area contributed by atoms with Crippen molar-refractivity contribution in [3.63, 3.8) is 0 Å². The summed E-state index contributed by atoms with van der Waals surface area (Å²) in [5, 5.41) is 9.68. The lowest BCUT2D eigenvalue weighted by Crippen LogP contribution is -2.57. The number of rotatable bonds is 9. The Morgan fingerprint density at radius 2 is 1.80 bits per heavy atom. The number of nitrogens with one attached hydrogen (secondary N) is 3. The van der Waals surface area contributed by atoms with Crippen LogP contribution in [0.15, 0.2) is 23.2 Å². The van der Waals surface area contributed by atoms with Crippen LogP contribution in [-0.2, 0) is 11.3 Å². The van der Waals surface area contributed by atoms with Crippen LogP contribution in [-0.4, -0.2) is 55.4 Å². The molecule has 0 aliphatic heterocycles. The zero-order chi connectivity index (χ0) is 22.8. The van der Waals surface area contributed by atoms with Gasteiger partial charge in [-0.3, -0.25) is 0 Å². The molecule has 3 N–H and O–H groups in total. The number of aromatic nitrogens is 1. The Labute approximate surface area is 181 Å². The summed E-state index contributed by atoms with van der Waals surface area (Å²) in [7, 11) is 3.93. The molecular weight excluding hydrogens is 380 g/mol. The summed E-state index contributed by atoms with van der Waals surface area (Å²) >= 11 is 0. The number of nitrogens with zero attached hydrogens (tertiary/aromatic N) is 3. The number of anilines is 1. The van der Waals surface area contributed by atoms with Gasteiger partial charge < -0.3 is 25.6 Å². The molecule has 1 aromatic heterocycles. The SMILES string of the molecule is CCNC(=NCc1cccc(N(C)C)n1)NCC(CC)(CC)NC(=O)OC(C)(C)C. The topological polar surface area (TPSA) is 90.9 Å². The van der Waals surface area contributed by atoms with Crippen LogP contribution in [0.2, 0.25) is 0 Å². The highest BCUT2D eigenvalue weighted by molar-refractivity contribution is 5.80. The number of hydrogen-bond donors (Lipinski definition) is 3. The van der Waals surface area contributed by atoms with E-state index >= 15 is 0 Å². The fraction of sp³-hybridized carbons (Fsp3) is 0.682. The second kappa shape index (κ2) is 11.6. The van der Waals surface area contributed by atoms with Gasteiger partial charge in [0.25, 0.3) is 0 Å². The van der Waals surface area contributed by atoms with Gasteiger partial charge in [-0.2, -0.15) is 0 Å². The largest absolute Gasteiger partial charge is 0.444 e. The summed E-state index contributed by atoms with van der Waals surface area (Å²) in [6.45, 7) is 13.5. The first kappa shape index (κ1) is 25.5. The van der Waals surface area contributed by atoms with Crippen LogP contribution in [0.25, 0.3) is 0 Å². The number of amides is 1. The Hall–Kier alpha value is -2.51. The van der Waals surface area contributed by atoms with Crippen molar-refractivity contribution in [3.05, 3.63) is 23.9 Å². The molecule has 1 amide bonds. The molecule has 0 radical (unpaired) electrons. The van der Waals surface area contributed by atoms with E-state index in [9.17, 15) is 4.79 Å². The quantitative estimate of drug-likeness (QED) is 0.419. The van der Waals surface area contributed by atoms with E-state index in [1.54, 1.807) is 0 Å². The average molecular weight is 421 g/mol. The van der Waals surface area contributed by atoms with E-state index in [1.807, 2.05) is 64.9 Å². The highest BCUT2D eigenvalue weighted by atomic mass is 16.6. The highest BCUT2D eigenvalue weighted by Gasteiger charge is 2.30. The maximum Gasteiger partial charge on any atom is 0.408 e. The molecule has 0 spiro atoms. The van der Waals surface area contributed by atoms with Crippen molar-refractivity contribution in [2.75, 3.05) is 32.1 Å². The van der Waals surface area contributed by atoms with Crippen molar-refractivity contribution in [3.8, 4) is 0 Å². The lowest BCUT2D eigenvalue weighted by atomic mass is 9.93. The van der Waals surface area contributed by atoms with Crippen LogP contribution in [0.3, 0.4) is 0 Å². The molecule has 0 aromatic carbocycles. The standard InChI is InChI=1S/C22H40N6O2/c1-9-22(10-2,27-20(29)30-21(4,5)6)16-25-19(23-11-3)24-15-17-13-12-14-18(26-17)28(7)8/h12-14H,9-11,15-16H2,1-8H3,(H,27,29)(H2,23,24,25). The Balaban J connectivity index is 2.85. The fourth-order valence-electron chi connectivity index (χ4n) is 2.80. The maximum absolute atomic E-state index is 12.3. The van der Waals surface area contributed by atoms with Gasteiger partial charge in [-0.25, -0.2) is 14.8 Å². The summed E-state index contributed by atoms with van der Waals surface area (Å²) in [6, 6.07) is 5.92. The number of guanidine groups is 1. The van der Waals surface area contributed by atoms with Crippen molar-refractivity contribution in [1.82, 2.24) is 20.9 Å². The number of aliphatic imine (C=N–C) groups is 1. The van der Waals surface area contributed by atoms with Gasteiger partial charge in [0.2, 0.25) is 0 Å². The molecule has 0 aliphatic rings. The predicted octanol–water partition coefficient (Wildman–Crippen LogP) is 3.29. The van der Waals surface area contributed by atoms with Crippen molar-refractivity contribution in [2.45, 2.75) is 72.1 Å². The first-order valence-electron chi connectivity index (χ1n) is 10.7. The third kappa shape index (κ3) is 8.88. The Bertz CT molecular complexity index is 693. The summed E-state index contributed by atoms with van der Waals surface area (Å²) in [5.41, 5.74) is -0.0702. The van der Waals surface area contributed by atoms with Gasteiger partial charge in [0, 0.05) is 27.2 Å². The van der Waals surface area contributed by atoms with Gasteiger partial charge in [0.1, 0.15) is 11.4 Å². The Morgan fingerprint density at radius 1 is 1.13 bits per heavy atom. The molecular formula is C22H40N6O2. The minimum absolute atomic E-state index is 0.403. The van der Waals surface area contributed by atoms with E-state index in [1.165, 1.54) is 0 Å². The second-order valence-electron chi connectivity index (χ2n) is 8.54. The number of pyridine rings is 1. The average Bonchev–Trinajstić information content (AvgIpc) is 2.67. The fourth-order valence-corrected chi connectivity index (χ4v) is 2.80. The summed E-state index contributed by atoms with van der Waals surface area (Å²) < 4.78 is 5.45. The first-order valence-corrected chi connectivity index (χ1v) is 10.7. The number of hydrogen-bond acceptors (Lipinski definition) is 5. The minimum atomic E-state index is -0.533. The number of carbonyl (C=O) groups excluding carboxylic acids is 1. The van der Waals surface area contributed by atoms with Crippen LogP contribution in [0.5, 0.6) is 0 Å². The smallest absolute Gasteiger partial charge is 0.408 e. The van der Waals surface area contributed by atoms with E-state index in [-0.39, 0.29) is 0 Å². The van der Waals surface area contributed by atoms with Crippen LogP contribution in [0.4, 0.5) is 10.6 Å². The van der Waals surface area contributed by atoms with Gasteiger partial charge >= 0.3 is 6.09 Å². The predicted molar refractivity (Wildman–Crippen MR) is 124 cm³/mol. The van der Waals surface area contributed by atoms with Crippen LogP contribution in [0, 0.1) is 0 Å². The van der Waals surface area contributed by atoms with Crippen molar-refractivity contribution >= 4 is 17.9 Å². The molecule has 0 fully saturated rings. The monoisotopic (exact) mass is 420 g/mol. The minimum Gasteiger partial charge on any atom is -0.444 e. The molecule has 0 saturated carbocycles. The van der Waals surface area contributed by atoms with Gasteiger partial charge in [-0.1, -0.05) is 19.9 Å². The number of alkyl carbamates (subject to hydrolysis) is 1. The van der Waals surface area contributed by atoms with E-state index in [2.05, 4.69) is 39.8 Å². The van der Waals surface area contributed by atoms with E-state index in [0.717, 1.165) is 30.9 Å². The Kier molecular flexibility index (Phi) is 9.89. The first-order chi connectivity index (χ1) is 14.0. The lowest BCUT2D eigenvalue weighted by Gasteiger charge is -2.34. The zero-order valence-corrected chi connectivity index (χ0v) is 19.9. The van der Waals surface area contributed by atoms with Crippen LogP contribution < -0.4 is 20.9 Å². The molecule has 0 aliphatic carbocycles. The highest BCUT2D eigenvalue weighted by Crippen LogP contribution is 2.16. The molecule has 8 nitrogen and oxygen atoms in total.